The molecule has 0 aliphatic carbocycles. The molecule has 0 spiro atoms. The van der Waals surface area contributed by atoms with Gasteiger partial charge in [-0.15, -0.1) is 0 Å². The molecule has 0 radical (unpaired) electrons. The third-order valence-electron chi connectivity index (χ3n) is 4.39. The third kappa shape index (κ3) is 3.00. The van der Waals surface area contributed by atoms with Gasteiger partial charge in [0.05, 0.1) is 6.04 Å². The van der Waals surface area contributed by atoms with Crippen LogP contribution in [0.1, 0.15) is 34.8 Å². The second kappa shape index (κ2) is 6.43. The number of nitrogens with zero attached hydrogens (tertiary/aromatic N) is 5. The van der Waals surface area contributed by atoms with Gasteiger partial charge in [0.15, 0.2) is 5.82 Å². The normalized spacial score (nSPS) is 17.0. The maximum Gasteiger partial charge on any atom is 0.254 e. The van der Waals surface area contributed by atoms with Crippen LogP contribution < -0.4 is 0 Å². The van der Waals surface area contributed by atoms with E-state index in [-0.39, 0.29) is 17.8 Å². The van der Waals surface area contributed by atoms with Crippen LogP contribution in [0.3, 0.4) is 0 Å². The Kier molecular flexibility index (Phi) is 3.97. The summed E-state index contributed by atoms with van der Waals surface area (Å²) in [4.78, 5) is 22.9. The lowest BCUT2D eigenvalue weighted by Crippen LogP contribution is -2.30. The molecule has 2 aromatic heterocycles. The fourth-order valence-electron chi connectivity index (χ4n) is 3.24. The number of benzene rings is 1. The summed E-state index contributed by atoms with van der Waals surface area (Å²) in [5.74, 6) is 0.162. The van der Waals surface area contributed by atoms with E-state index in [9.17, 15) is 9.18 Å². The van der Waals surface area contributed by atoms with Gasteiger partial charge in [-0.05, 0) is 42.7 Å². The van der Waals surface area contributed by atoms with Gasteiger partial charge in [-0.1, -0.05) is 12.1 Å². The molecule has 0 bridgehead atoms. The number of hydrogen-bond donors (Lipinski definition) is 0. The number of pyridine rings is 1. The highest BCUT2D eigenvalue weighted by Crippen LogP contribution is 2.33. The van der Waals surface area contributed by atoms with Crippen LogP contribution in [0.5, 0.6) is 0 Å². The van der Waals surface area contributed by atoms with Gasteiger partial charge < -0.3 is 4.90 Å². The van der Waals surface area contributed by atoms with Crippen LogP contribution in [0, 0.1) is 5.82 Å². The van der Waals surface area contributed by atoms with Crippen molar-refractivity contribution in [3.63, 3.8) is 0 Å². The molecule has 25 heavy (non-hydrogen) atoms. The van der Waals surface area contributed by atoms with Crippen molar-refractivity contribution in [1.82, 2.24) is 24.6 Å². The highest BCUT2D eigenvalue weighted by molar-refractivity contribution is 5.95. The van der Waals surface area contributed by atoms with Gasteiger partial charge in [0.2, 0.25) is 0 Å². The second-order valence-electron chi connectivity index (χ2n) is 5.95. The first kappa shape index (κ1) is 15.4. The molecule has 1 aromatic carbocycles. The molecule has 1 amide bonds. The zero-order valence-corrected chi connectivity index (χ0v) is 13.4. The van der Waals surface area contributed by atoms with Gasteiger partial charge in [-0.25, -0.2) is 19.0 Å². The van der Waals surface area contributed by atoms with E-state index in [2.05, 4.69) is 15.1 Å². The van der Waals surface area contributed by atoms with E-state index in [0.29, 0.717) is 17.9 Å². The topological polar surface area (TPSA) is 63.9 Å². The average Bonchev–Trinajstić information content (AvgIpc) is 3.33. The Labute approximate surface area is 143 Å². The van der Waals surface area contributed by atoms with E-state index in [1.807, 2.05) is 6.07 Å². The highest BCUT2D eigenvalue weighted by Gasteiger charge is 2.31. The lowest BCUT2D eigenvalue weighted by atomic mass is 10.0. The molecule has 0 saturated carbocycles. The Bertz CT molecular complexity index is 896. The maximum absolute atomic E-state index is 13.6. The number of likely N-dealkylation sites (tertiary alicyclic amines) is 1. The number of carbonyl (C=O) groups is 1. The minimum Gasteiger partial charge on any atom is -0.332 e. The number of halogens is 1. The van der Waals surface area contributed by atoms with Crippen molar-refractivity contribution < 1.29 is 9.18 Å². The van der Waals surface area contributed by atoms with Crippen molar-refractivity contribution >= 4 is 5.91 Å². The van der Waals surface area contributed by atoms with Crippen LogP contribution in [0.4, 0.5) is 4.39 Å². The van der Waals surface area contributed by atoms with Crippen LogP contribution in [-0.4, -0.2) is 37.1 Å². The van der Waals surface area contributed by atoms with E-state index in [1.165, 1.54) is 29.5 Å². The number of carbonyl (C=O) groups excluding carboxylic acids is 1. The molecule has 1 fully saturated rings. The molecular formula is C18H16FN5O. The standard InChI is InChI=1S/C18H16FN5O/c19-15-4-1-3-13(9-15)16-5-2-8-23(16)18(25)14-6-7-21-17(10-14)24-12-20-11-22-24/h1,3-4,6-7,9-12,16H,2,5,8H2/t16-/m0/s1. The van der Waals surface area contributed by atoms with Crippen molar-refractivity contribution in [3.05, 3.63) is 72.2 Å². The molecule has 0 unspecified atom stereocenters. The van der Waals surface area contributed by atoms with Gasteiger partial charge in [-0.2, -0.15) is 5.10 Å². The molecule has 0 N–H and O–H groups in total. The lowest BCUT2D eigenvalue weighted by Gasteiger charge is -2.25. The quantitative estimate of drug-likeness (QED) is 0.737. The first-order valence-corrected chi connectivity index (χ1v) is 8.10. The number of rotatable bonds is 3. The summed E-state index contributed by atoms with van der Waals surface area (Å²) in [5.41, 5.74) is 1.36. The Morgan fingerprint density at radius 3 is 2.96 bits per heavy atom. The van der Waals surface area contributed by atoms with Crippen molar-refractivity contribution in [2.24, 2.45) is 0 Å². The van der Waals surface area contributed by atoms with E-state index < -0.39 is 0 Å². The summed E-state index contributed by atoms with van der Waals surface area (Å²) < 4.78 is 15.1. The van der Waals surface area contributed by atoms with E-state index in [0.717, 1.165) is 18.4 Å². The number of aromatic nitrogens is 4. The van der Waals surface area contributed by atoms with Gasteiger partial charge in [0.1, 0.15) is 18.5 Å². The SMILES string of the molecule is O=C(c1ccnc(-n2cncn2)c1)N1CCC[C@H]1c1cccc(F)c1. The second-order valence-corrected chi connectivity index (χ2v) is 5.95. The van der Waals surface area contributed by atoms with Crippen LogP contribution in [0.25, 0.3) is 5.82 Å². The summed E-state index contributed by atoms with van der Waals surface area (Å²) in [6.45, 7) is 0.654. The number of hydrogen-bond acceptors (Lipinski definition) is 4. The third-order valence-corrected chi connectivity index (χ3v) is 4.39. The minimum atomic E-state index is -0.283. The molecular weight excluding hydrogens is 321 g/mol. The fraction of sp³-hybridized carbons (Fsp3) is 0.222. The molecule has 126 valence electrons. The van der Waals surface area contributed by atoms with E-state index >= 15 is 0 Å². The van der Waals surface area contributed by atoms with Crippen molar-refractivity contribution in [1.29, 1.82) is 0 Å². The highest BCUT2D eigenvalue weighted by atomic mass is 19.1. The summed E-state index contributed by atoms with van der Waals surface area (Å²) in [5, 5.41) is 4.03. The molecule has 4 rings (SSSR count). The maximum atomic E-state index is 13.6. The van der Waals surface area contributed by atoms with Gasteiger partial charge in [-0.3, -0.25) is 4.79 Å². The summed E-state index contributed by atoms with van der Waals surface area (Å²) >= 11 is 0. The molecule has 6 nitrogen and oxygen atoms in total. The van der Waals surface area contributed by atoms with Crippen LogP contribution in [0.2, 0.25) is 0 Å². The van der Waals surface area contributed by atoms with E-state index in [1.54, 1.807) is 29.3 Å². The average molecular weight is 337 g/mol. The first-order valence-electron chi connectivity index (χ1n) is 8.10. The predicted molar refractivity (Wildman–Crippen MR) is 88.6 cm³/mol. The van der Waals surface area contributed by atoms with Gasteiger partial charge in [0.25, 0.3) is 5.91 Å². The summed E-state index contributed by atoms with van der Waals surface area (Å²) in [6.07, 6.45) is 6.25. The molecule has 1 saturated heterocycles. The van der Waals surface area contributed by atoms with Crippen molar-refractivity contribution in [2.45, 2.75) is 18.9 Å². The lowest BCUT2D eigenvalue weighted by molar-refractivity contribution is 0.0735. The fourth-order valence-corrected chi connectivity index (χ4v) is 3.24. The molecule has 3 aromatic rings. The van der Waals surface area contributed by atoms with Crippen LogP contribution >= 0.6 is 0 Å². The van der Waals surface area contributed by atoms with Gasteiger partial charge in [0, 0.05) is 18.3 Å². The minimum absolute atomic E-state index is 0.0875. The zero-order valence-electron chi connectivity index (χ0n) is 13.4. The molecule has 1 atom stereocenters. The Morgan fingerprint density at radius 2 is 2.16 bits per heavy atom. The van der Waals surface area contributed by atoms with Gasteiger partial charge >= 0.3 is 0 Å². The van der Waals surface area contributed by atoms with Crippen LogP contribution in [0.15, 0.2) is 55.2 Å². The Balaban J connectivity index is 1.63. The molecule has 3 heterocycles. The van der Waals surface area contributed by atoms with E-state index in [4.69, 9.17) is 0 Å². The predicted octanol–water partition coefficient (Wildman–Crippen LogP) is 2.78. The monoisotopic (exact) mass is 337 g/mol. The van der Waals surface area contributed by atoms with Crippen LogP contribution in [-0.2, 0) is 0 Å². The molecule has 1 aliphatic rings. The van der Waals surface area contributed by atoms with Crippen molar-refractivity contribution in [2.75, 3.05) is 6.54 Å². The zero-order chi connectivity index (χ0) is 17.2. The summed E-state index contributed by atoms with van der Waals surface area (Å²) in [6, 6.07) is 9.74. The number of amides is 1. The Hall–Kier alpha value is -3.09. The molecule has 7 heteroatoms. The molecule has 1 aliphatic heterocycles. The largest absolute Gasteiger partial charge is 0.332 e. The first-order chi connectivity index (χ1) is 12.2. The smallest absolute Gasteiger partial charge is 0.254 e. The summed E-state index contributed by atoms with van der Waals surface area (Å²) in [7, 11) is 0. The van der Waals surface area contributed by atoms with Crippen molar-refractivity contribution in [3.8, 4) is 5.82 Å². The Morgan fingerprint density at radius 1 is 1.24 bits per heavy atom.